The van der Waals surface area contributed by atoms with Gasteiger partial charge in [0.2, 0.25) is 0 Å². The molecular weight excluding hydrogens is 180 g/mol. The largest absolute Gasteiger partial charge is 0.0985 e. The molecule has 15 heavy (non-hydrogen) atoms. The molecule has 2 aromatic rings. The highest BCUT2D eigenvalue weighted by atomic mass is 14.1. The molecule has 0 amide bonds. The second-order valence-electron chi connectivity index (χ2n) is 3.59. The van der Waals surface area contributed by atoms with Crippen LogP contribution < -0.4 is 0 Å². The molecule has 0 nitrogen and oxygen atoms in total. The van der Waals surface area contributed by atoms with Gasteiger partial charge in [-0.2, -0.15) is 0 Å². The molecule has 2 rings (SSSR count). The van der Waals surface area contributed by atoms with E-state index in [1.165, 1.54) is 22.3 Å². The molecular formula is C15H14. The number of hydrogen-bond acceptors (Lipinski definition) is 0. The van der Waals surface area contributed by atoms with E-state index in [0.717, 1.165) is 0 Å². The Bertz CT molecular complexity index is 467. The van der Waals surface area contributed by atoms with Crippen molar-refractivity contribution in [1.29, 1.82) is 0 Å². The lowest BCUT2D eigenvalue weighted by molar-refractivity contribution is 1.43. The van der Waals surface area contributed by atoms with Gasteiger partial charge in [0.1, 0.15) is 0 Å². The molecule has 0 aliphatic rings. The summed E-state index contributed by atoms with van der Waals surface area (Å²) in [5, 5.41) is 0. The summed E-state index contributed by atoms with van der Waals surface area (Å²) in [5.74, 6) is 0. The summed E-state index contributed by atoms with van der Waals surface area (Å²) in [6, 6.07) is 16.8. The molecule has 0 aromatic heterocycles. The van der Waals surface area contributed by atoms with Gasteiger partial charge in [-0.15, -0.1) is 0 Å². The van der Waals surface area contributed by atoms with Gasteiger partial charge in [0.25, 0.3) is 0 Å². The van der Waals surface area contributed by atoms with Crippen molar-refractivity contribution in [2.45, 2.75) is 6.92 Å². The van der Waals surface area contributed by atoms with Crippen LogP contribution in [0, 0.1) is 6.92 Å². The fraction of sp³-hybridized carbons (Fsp3) is 0.0667. The zero-order valence-electron chi connectivity index (χ0n) is 8.90. The molecule has 0 aliphatic heterocycles. The Morgan fingerprint density at radius 2 is 1.67 bits per heavy atom. The Kier molecular flexibility index (Phi) is 2.68. The van der Waals surface area contributed by atoms with Crippen molar-refractivity contribution in [2.24, 2.45) is 0 Å². The predicted molar refractivity (Wildman–Crippen MR) is 66.7 cm³/mol. The molecule has 0 spiro atoms. The van der Waals surface area contributed by atoms with Crippen LogP contribution in [-0.4, -0.2) is 0 Å². The zero-order valence-corrected chi connectivity index (χ0v) is 8.90. The molecule has 0 N–H and O–H groups in total. The maximum atomic E-state index is 3.83. The molecule has 2 aromatic carbocycles. The van der Waals surface area contributed by atoms with E-state index in [0.29, 0.717) is 0 Å². The third-order valence-electron chi connectivity index (χ3n) is 2.68. The second kappa shape index (κ2) is 4.14. The number of rotatable bonds is 2. The van der Waals surface area contributed by atoms with Gasteiger partial charge in [-0.05, 0) is 29.2 Å². The molecule has 0 heterocycles. The van der Waals surface area contributed by atoms with E-state index in [2.05, 4.69) is 56.0 Å². The lowest BCUT2D eigenvalue weighted by Crippen LogP contribution is -1.86. The fourth-order valence-electron chi connectivity index (χ4n) is 1.81. The van der Waals surface area contributed by atoms with Crippen molar-refractivity contribution in [1.82, 2.24) is 0 Å². The van der Waals surface area contributed by atoms with Gasteiger partial charge in [0.05, 0.1) is 0 Å². The maximum absolute atomic E-state index is 3.83. The topological polar surface area (TPSA) is 0 Å². The number of hydrogen-bond donors (Lipinski definition) is 0. The van der Waals surface area contributed by atoms with E-state index in [-0.39, 0.29) is 0 Å². The molecule has 0 saturated heterocycles. The first kappa shape index (κ1) is 9.72. The van der Waals surface area contributed by atoms with Crippen LogP contribution in [0.5, 0.6) is 0 Å². The Hall–Kier alpha value is -1.82. The standard InChI is InChI=1S/C15H14/c1-3-13-10-7-11-15(12(13)2)14-8-5-4-6-9-14/h3-11H,1H2,2H3. The van der Waals surface area contributed by atoms with Crippen LogP contribution in [0.15, 0.2) is 55.1 Å². The van der Waals surface area contributed by atoms with Gasteiger partial charge in [0.15, 0.2) is 0 Å². The normalized spacial score (nSPS) is 9.93. The number of benzene rings is 2. The third kappa shape index (κ3) is 1.84. The van der Waals surface area contributed by atoms with Crippen LogP contribution in [0.2, 0.25) is 0 Å². The van der Waals surface area contributed by atoms with Gasteiger partial charge >= 0.3 is 0 Å². The minimum absolute atomic E-state index is 1.20. The summed E-state index contributed by atoms with van der Waals surface area (Å²) in [6.45, 7) is 5.96. The first-order valence-electron chi connectivity index (χ1n) is 5.10. The van der Waals surface area contributed by atoms with E-state index in [4.69, 9.17) is 0 Å². The first-order valence-corrected chi connectivity index (χ1v) is 5.10. The smallest absolute Gasteiger partial charge is 0.0149 e. The van der Waals surface area contributed by atoms with Crippen LogP contribution in [-0.2, 0) is 0 Å². The van der Waals surface area contributed by atoms with E-state index >= 15 is 0 Å². The zero-order chi connectivity index (χ0) is 10.7. The molecule has 0 radical (unpaired) electrons. The summed E-state index contributed by atoms with van der Waals surface area (Å²) in [4.78, 5) is 0. The summed E-state index contributed by atoms with van der Waals surface area (Å²) < 4.78 is 0. The third-order valence-corrected chi connectivity index (χ3v) is 2.68. The molecule has 0 unspecified atom stereocenters. The van der Waals surface area contributed by atoms with Gasteiger partial charge in [0, 0.05) is 0 Å². The van der Waals surface area contributed by atoms with Gasteiger partial charge in [-0.3, -0.25) is 0 Å². The average molecular weight is 194 g/mol. The van der Waals surface area contributed by atoms with E-state index in [9.17, 15) is 0 Å². The molecule has 0 aliphatic carbocycles. The van der Waals surface area contributed by atoms with Crippen LogP contribution >= 0.6 is 0 Å². The minimum Gasteiger partial charge on any atom is -0.0985 e. The predicted octanol–water partition coefficient (Wildman–Crippen LogP) is 4.31. The molecule has 0 atom stereocenters. The van der Waals surface area contributed by atoms with Crippen LogP contribution in [0.4, 0.5) is 0 Å². The molecule has 74 valence electrons. The highest BCUT2D eigenvalue weighted by Crippen LogP contribution is 2.25. The highest BCUT2D eigenvalue weighted by Gasteiger charge is 2.02. The van der Waals surface area contributed by atoms with Crippen molar-refractivity contribution in [3.63, 3.8) is 0 Å². The summed E-state index contributed by atoms with van der Waals surface area (Å²) >= 11 is 0. The van der Waals surface area contributed by atoms with E-state index in [1.807, 2.05) is 12.1 Å². The second-order valence-corrected chi connectivity index (χ2v) is 3.59. The Balaban J connectivity index is 2.59. The van der Waals surface area contributed by atoms with Crippen molar-refractivity contribution >= 4 is 6.08 Å². The molecule has 0 fully saturated rings. The van der Waals surface area contributed by atoms with Crippen molar-refractivity contribution in [2.75, 3.05) is 0 Å². The van der Waals surface area contributed by atoms with Gasteiger partial charge in [-0.25, -0.2) is 0 Å². The summed E-state index contributed by atoms with van der Waals surface area (Å²) in [7, 11) is 0. The monoisotopic (exact) mass is 194 g/mol. The molecule has 0 saturated carbocycles. The van der Waals surface area contributed by atoms with E-state index in [1.54, 1.807) is 0 Å². The Morgan fingerprint density at radius 3 is 2.33 bits per heavy atom. The van der Waals surface area contributed by atoms with Crippen LogP contribution in [0.1, 0.15) is 11.1 Å². The van der Waals surface area contributed by atoms with Gasteiger partial charge in [-0.1, -0.05) is 61.2 Å². The fourth-order valence-corrected chi connectivity index (χ4v) is 1.81. The average Bonchev–Trinajstić information content (AvgIpc) is 2.30. The maximum Gasteiger partial charge on any atom is -0.0149 e. The lowest BCUT2D eigenvalue weighted by Gasteiger charge is -2.08. The van der Waals surface area contributed by atoms with Crippen molar-refractivity contribution in [3.05, 3.63) is 66.2 Å². The quantitative estimate of drug-likeness (QED) is 0.668. The highest BCUT2D eigenvalue weighted by molar-refractivity contribution is 5.71. The van der Waals surface area contributed by atoms with Crippen molar-refractivity contribution in [3.8, 4) is 11.1 Å². The lowest BCUT2D eigenvalue weighted by atomic mass is 9.97. The van der Waals surface area contributed by atoms with Crippen molar-refractivity contribution < 1.29 is 0 Å². The Morgan fingerprint density at radius 1 is 0.933 bits per heavy atom. The van der Waals surface area contributed by atoms with Gasteiger partial charge < -0.3 is 0 Å². The SMILES string of the molecule is C=Cc1cccc(-c2ccccc2)c1C. The summed E-state index contributed by atoms with van der Waals surface area (Å²) in [6.07, 6.45) is 1.90. The summed E-state index contributed by atoms with van der Waals surface area (Å²) in [5.41, 5.74) is 5.04. The first-order chi connectivity index (χ1) is 7.33. The van der Waals surface area contributed by atoms with E-state index < -0.39 is 0 Å². The molecule has 0 heteroatoms. The van der Waals surface area contributed by atoms with Crippen LogP contribution in [0.3, 0.4) is 0 Å². The molecule has 0 bridgehead atoms. The Labute approximate surface area is 90.9 Å². The minimum atomic E-state index is 1.20. The van der Waals surface area contributed by atoms with Crippen LogP contribution in [0.25, 0.3) is 17.2 Å².